The molecule has 0 aliphatic heterocycles. The normalized spacial score (nSPS) is 13.3. The SMILES string of the molecule is C[C@H](OC(=O)c1csc(-c2cccs2)n1)C(F)(F)F. The zero-order valence-electron chi connectivity index (χ0n) is 9.60. The van der Waals surface area contributed by atoms with Crippen LogP contribution in [-0.2, 0) is 4.74 Å². The van der Waals surface area contributed by atoms with E-state index in [2.05, 4.69) is 9.72 Å². The quantitative estimate of drug-likeness (QED) is 0.805. The molecule has 0 aromatic carbocycles. The maximum atomic E-state index is 12.3. The molecule has 2 aromatic rings. The van der Waals surface area contributed by atoms with E-state index in [0.717, 1.165) is 11.8 Å². The number of carbonyl (C=O) groups excluding carboxylic acids is 1. The van der Waals surface area contributed by atoms with Crippen molar-refractivity contribution in [1.82, 2.24) is 4.98 Å². The Labute approximate surface area is 114 Å². The second-order valence-corrected chi connectivity index (χ2v) is 5.41. The number of esters is 1. The molecule has 102 valence electrons. The smallest absolute Gasteiger partial charge is 0.425 e. The van der Waals surface area contributed by atoms with Gasteiger partial charge in [0.2, 0.25) is 0 Å². The summed E-state index contributed by atoms with van der Waals surface area (Å²) in [6, 6.07) is 3.64. The van der Waals surface area contributed by atoms with Crippen LogP contribution in [-0.4, -0.2) is 23.2 Å². The molecule has 19 heavy (non-hydrogen) atoms. The minimum Gasteiger partial charge on any atom is -0.448 e. The highest BCUT2D eigenvalue weighted by molar-refractivity contribution is 7.20. The number of halogens is 3. The van der Waals surface area contributed by atoms with E-state index in [0.29, 0.717) is 5.01 Å². The Morgan fingerprint density at radius 3 is 2.74 bits per heavy atom. The second-order valence-electron chi connectivity index (χ2n) is 3.60. The number of hydrogen-bond acceptors (Lipinski definition) is 5. The van der Waals surface area contributed by atoms with Gasteiger partial charge < -0.3 is 4.74 Å². The first-order valence-electron chi connectivity index (χ1n) is 5.15. The number of aromatic nitrogens is 1. The van der Waals surface area contributed by atoms with Crippen molar-refractivity contribution < 1.29 is 22.7 Å². The number of rotatable bonds is 3. The number of carbonyl (C=O) groups is 1. The van der Waals surface area contributed by atoms with Crippen LogP contribution >= 0.6 is 22.7 Å². The molecule has 8 heteroatoms. The van der Waals surface area contributed by atoms with Gasteiger partial charge in [0.1, 0.15) is 5.01 Å². The highest BCUT2D eigenvalue weighted by atomic mass is 32.1. The molecule has 0 unspecified atom stereocenters. The monoisotopic (exact) mass is 307 g/mol. The van der Waals surface area contributed by atoms with Crippen molar-refractivity contribution in [3.63, 3.8) is 0 Å². The van der Waals surface area contributed by atoms with Crippen LogP contribution in [0.15, 0.2) is 22.9 Å². The molecular formula is C11H8F3NO2S2. The largest absolute Gasteiger partial charge is 0.448 e. The van der Waals surface area contributed by atoms with E-state index in [1.54, 1.807) is 0 Å². The Morgan fingerprint density at radius 2 is 2.16 bits per heavy atom. The van der Waals surface area contributed by atoms with Gasteiger partial charge in [-0.3, -0.25) is 0 Å². The van der Waals surface area contributed by atoms with Crippen molar-refractivity contribution in [1.29, 1.82) is 0 Å². The van der Waals surface area contributed by atoms with Gasteiger partial charge >= 0.3 is 12.1 Å². The van der Waals surface area contributed by atoms with Crippen LogP contribution in [0.4, 0.5) is 13.2 Å². The molecule has 0 spiro atoms. The first kappa shape index (κ1) is 14.0. The maximum Gasteiger partial charge on any atom is 0.425 e. The molecular weight excluding hydrogens is 299 g/mol. The van der Waals surface area contributed by atoms with Gasteiger partial charge in [-0.25, -0.2) is 9.78 Å². The third kappa shape index (κ3) is 3.32. The molecule has 0 fully saturated rings. The Balaban J connectivity index is 2.09. The van der Waals surface area contributed by atoms with Gasteiger partial charge in [-0.2, -0.15) is 13.2 Å². The zero-order valence-corrected chi connectivity index (χ0v) is 11.2. The lowest BCUT2D eigenvalue weighted by molar-refractivity contribution is -0.198. The van der Waals surface area contributed by atoms with E-state index in [1.807, 2.05) is 17.5 Å². The van der Waals surface area contributed by atoms with Gasteiger partial charge in [0.05, 0.1) is 4.88 Å². The summed E-state index contributed by atoms with van der Waals surface area (Å²) < 4.78 is 41.1. The molecule has 2 rings (SSSR count). The summed E-state index contributed by atoms with van der Waals surface area (Å²) in [4.78, 5) is 16.3. The molecule has 0 saturated carbocycles. The van der Waals surface area contributed by atoms with Gasteiger partial charge in [-0.15, -0.1) is 22.7 Å². The Hall–Kier alpha value is -1.41. The molecule has 2 aromatic heterocycles. The van der Waals surface area contributed by atoms with Crippen LogP contribution in [0, 0.1) is 0 Å². The fourth-order valence-electron chi connectivity index (χ4n) is 1.17. The molecule has 0 radical (unpaired) electrons. The van der Waals surface area contributed by atoms with Crippen molar-refractivity contribution in [3.8, 4) is 9.88 Å². The standard InChI is InChI=1S/C11H8F3NO2S2/c1-6(11(12,13)14)17-10(16)7-5-19-9(15-7)8-3-2-4-18-8/h2-6H,1H3/t6-/m0/s1. The van der Waals surface area contributed by atoms with Crippen LogP contribution in [0.25, 0.3) is 9.88 Å². The lowest BCUT2D eigenvalue weighted by atomic mass is 10.4. The predicted octanol–water partition coefficient (Wildman–Crippen LogP) is 3.98. The molecule has 0 aliphatic rings. The van der Waals surface area contributed by atoms with E-state index < -0.39 is 18.2 Å². The number of thiophene rings is 1. The Morgan fingerprint density at radius 1 is 1.42 bits per heavy atom. The molecule has 1 atom stereocenters. The first-order valence-corrected chi connectivity index (χ1v) is 6.91. The lowest BCUT2D eigenvalue weighted by Gasteiger charge is -2.15. The van der Waals surface area contributed by atoms with E-state index in [1.165, 1.54) is 28.1 Å². The highest BCUT2D eigenvalue weighted by Gasteiger charge is 2.39. The van der Waals surface area contributed by atoms with E-state index in [4.69, 9.17) is 0 Å². The van der Waals surface area contributed by atoms with E-state index >= 15 is 0 Å². The number of alkyl halides is 3. The summed E-state index contributed by atoms with van der Waals surface area (Å²) in [5.74, 6) is -1.07. The van der Waals surface area contributed by atoms with Crippen molar-refractivity contribution in [2.75, 3.05) is 0 Å². The average molecular weight is 307 g/mol. The summed E-state index contributed by atoms with van der Waals surface area (Å²) in [6.07, 6.45) is -6.71. The van der Waals surface area contributed by atoms with Crippen LogP contribution in [0.2, 0.25) is 0 Å². The van der Waals surface area contributed by atoms with Crippen LogP contribution in [0.3, 0.4) is 0 Å². The van der Waals surface area contributed by atoms with E-state index in [-0.39, 0.29) is 5.69 Å². The molecule has 0 aliphatic carbocycles. The maximum absolute atomic E-state index is 12.3. The molecule has 2 heterocycles. The number of hydrogen-bond donors (Lipinski definition) is 0. The second kappa shape index (κ2) is 5.30. The fraction of sp³-hybridized carbons (Fsp3) is 0.273. The third-order valence-corrected chi connectivity index (χ3v) is 4.07. The van der Waals surface area contributed by atoms with Crippen molar-refractivity contribution in [2.45, 2.75) is 19.2 Å². The molecule has 0 saturated heterocycles. The van der Waals surface area contributed by atoms with Gasteiger partial charge in [-0.05, 0) is 18.4 Å². The van der Waals surface area contributed by atoms with Gasteiger partial charge in [-0.1, -0.05) is 6.07 Å². The van der Waals surface area contributed by atoms with Gasteiger partial charge in [0, 0.05) is 5.38 Å². The van der Waals surface area contributed by atoms with Crippen molar-refractivity contribution in [2.24, 2.45) is 0 Å². The van der Waals surface area contributed by atoms with Gasteiger partial charge in [0.15, 0.2) is 11.8 Å². The third-order valence-electron chi connectivity index (χ3n) is 2.19. The Kier molecular flexibility index (Phi) is 3.91. The summed E-state index contributed by atoms with van der Waals surface area (Å²) >= 11 is 2.62. The fourth-order valence-corrected chi connectivity index (χ4v) is 2.77. The predicted molar refractivity (Wildman–Crippen MR) is 66.4 cm³/mol. The number of ether oxygens (including phenoxy) is 1. The summed E-state index contributed by atoms with van der Waals surface area (Å²) in [5.41, 5.74) is -0.107. The van der Waals surface area contributed by atoms with Crippen molar-refractivity contribution in [3.05, 3.63) is 28.6 Å². The Bertz CT molecular complexity index is 563. The molecule has 3 nitrogen and oxygen atoms in total. The average Bonchev–Trinajstić information content (AvgIpc) is 2.98. The summed E-state index contributed by atoms with van der Waals surface area (Å²) in [7, 11) is 0. The topological polar surface area (TPSA) is 39.2 Å². The summed E-state index contributed by atoms with van der Waals surface area (Å²) in [6.45, 7) is 0.782. The van der Waals surface area contributed by atoms with E-state index in [9.17, 15) is 18.0 Å². The first-order chi connectivity index (χ1) is 8.88. The lowest BCUT2D eigenvalue weighted by Crippen LogP contribution is -2.31. The van der Waals surface area contributed by atoms with Crippen molar-refractivity contribution >= 4 is 28.6 Å². The number of nitrogens with zero attached hydrogens (tertiary/aromatic N) is 1. The zero-order chi connectivity index (χ0) is 14.0. The molecule has 0 bridgehead atoms. The minimum absolute atomic E-state index is 0.107. The van der Waals surface area contributed by atoms with Gasteiger partial charge in [0.25, 0.3) is 0 Å². The van der Waals surface area contributed by atoms with Crippen LogP contribution in [0.5, 0.6) is 0 Å². The minimum atomic E-state index is -4.57. The number of thiazole rings is 1. The molecule has 0 amide bonds. The highest BCUT2D eigenvalue weighted by Crippen LogP contribution is 2.29. The van der Waals surface area contributed by atoms with Crippen LogP contribution < -0.4 is 0 Å². The molecule has 0 N–H and O–H groups in total. The van der Waals surface area contributed by atoms with Crippen LogP contribution in [0.1, 0.15) is 17.4 Å². The summed E-state index contributed by atoms with van der Waals surface area (Å²) in [5, 5.41) is 3.82.